The van der Waals surface area contributed by atoms with Crippen LogP contribution in [0.3, 0.4) is 0 Å². The number of nitrogens with two attached hydrogens (primary N) is 1. The van der Waals surface area contributed by atoms with Crippen LogP contribution in [0.4, 0.5) is 0 Å². The van der Waals surface area contributed by atoms with Gasteiger partial charge in [-0.3, -0.25) is 14.4 Å². The largest absolute Gasteiger partial charge is 0.462 e. The topological polar surface area (TPSA) is 95.7 Å². The molecule has 1 amide bonds. The van der Waals surface area contributed by atoms with Crippen molar-refractivity contribution in [3.63, 3.8) is 0 Å². The van der Waals surface area contributed by atoms with Gasteiger partial charge in [0.15, 0.2) is 6.61 Å². The Morgan fingerprint density at radius 2 is 0.957 bits per heavy atom. The van der Waals surface area contributed by atoms with E-state index in [1.54, 1.807) is 6.92 Å². The molecule has 0 radical (unpaired) electrons. The maximum Gasteiger partial charge on any atom is 0.313 e. The molecular weight excluding hydrogens is 574 g/mol. The van der Waals surface area contributed by atoms with Crippen molar-refractivity contribution in [3.05, 3.63) is 24.3 Å². The maximum atomic E-state index is 12.7. The Bertz CT molecular complexity index is 778. The molecule has 2 atom stereocenters. The van der Waals surface area contributed by atoms with Crippen LogP contribution in [-0.2, 0) is 23.9 Å². The van der Waals surface area contributed by atoms with Crippen molar-refractivity contribution < 1.29 is 23.9 Å². The fourth-order valence-electron chi connectivity index (χ4n) is 5.74. The van der Waals surface area contributed by atoms with Gasteiger partial charge in [-0.2, -0.15) is 0 Å². The summed E-state index contributed by atoms with van der Waals surface area (Å²) in [6.07, 6.45) is 39.6. The number of carbonyl (C=O) groups excluding carboxylic acids is 3. The molecule has 0 spiro atoms. The Labute approximate surface area is 284 Å². The van der Waals surface area contributed by atoms with Crippen molar-refractivity contribution in [2.75, 3.05) is 6.61 Å². The third-order valence-electron chi connectivity index (χ3n) is 8.71. The van der Waals surface area contributed by atoms with E-state index in [0.29, 0.717) is 12.8 Å². The van der Waals surface area contributed by atoms with E-state index in [-0.39, 0.29) is 5.97 Å². The van der Waals surface area contributed by atoms with E-state index in [1.807, 2.05) is 0 Å². The molecule has 0 aromatic carbocycles. The van der Waals surface area contributed by atoms with E-state index in [4.69, 9.17) is 15.2 Å². The van der Waals surface area contributed by atoms with Crippen LogP contribution in [0.25, 0.3) is 0 Å². The van der Waals surface area contributed by atoms with Crippen LogP contribution in [0, 0.1) is 5.92 Å². The molecule has 0 bridgehead atoms. The summed E-state index contributed by atoms with van der Waals surface area (Å²) in [5, 5.41) is 0. The van der Waals surface area contributed by atoms with E-state index >= 15 is 0 Å². The molecule has 0 aliphatic carbocycles. The minimum Gasteiger partial charge on any atom is -0.462 e. The highest BCUT2D eigenvalue weighted by atomic mass is 16.6. The standard InChI is InChI=1S/C40H73NO5/c1-4-6-8-10-12-14-16-18-20-22-24-26-28-30-32-34-39(43)46-36(3)37(40(44)45-35-38(41)42)33-31-29-27-25-23-21-19-17-15-13-11-9-7-5-2/h18-21,36-37H,4-17,22-35H2,1-3H3,(H2,41,42). The number of hydrogen-bond acceptors (Lipinski definition) is 5. The molecule has 0 saturated carbocycles. The van der Waals surface area contributed by atoms with Crippen molar-refractivity contribution in [3.8, 4) is 0 Å². The minimum atomic E-state index is -0.689. The summed E-state index contributed by atoms with van der Waals surface area (Å²) < 4.78 is 10.8. The van der Waals surface area contributed by atoms with Gasteiger partial charge in [-0.05, 0) is 71.1 Å². The van der Waals surface area contributed by atoms with Crippen LogP contribution in [-0.4, -0.2) is 30.6 Å². The second-order valence-electron chi connectivity index (χ2n) is 13.2. The summed E-state index contributed by atoms with van der Waals surface area (Å²) in [7, 11) is 0. The number of carbonyl (C=O) groups is 3. The second-order valence-corrected chi connectivity index (χ2v) is 13.2. The summed E-state index contributed by atoms with van der Waals surface area (Å²) in [5.74, 6) is -2.07. The third kappa shape index (κ3) is 30.5. The Morgan fingerprint density at radius 3 is 1.39 bits per heavy atom. The van der Waals surface area contributed by atoms with Crippen LogP contribution in [0.2, 0.25) is 0 Å². The Kier molecular flexibility index (Phi) is 32.7. The number of ether oxygens (including phenoxy) is 2. The quantitative estimate of drug-likeness (QED) is 0.0426. The number of amides is 1. The fourth-order valence-corrected chi connectivity index (χ4v) is 5.74. The summed E-state index contributed by atoms with van der Waals surface area (Å²) in [6.45, 7) is 5.81. The highest BCUT2D eigenvalue weighted by Crippen LogP contribution is 2.21. The van der Waals surface area contributed by atoms with Gasteiger partial charge < -0.3 is 15.2 Å². The van der Waals surface area contributed by atoms with E-state index in [1.165, 1.54) is 103 Å². The number of hydrogen-bond donors (Lipinski definition) is 1. The molecule has 0 saturated heterocycles. The average Bonchev–Trinajstić information content (AvgIpc) is 3.03. The lowest BCUT2D eigenvalue weighted by Gasteiger charge is -2.22. The molecule has 0 aromatic rings. The first-order valence-corrected chi connectivity index (χ1v) is 19.4. The van der Waals surface area contributed by atoms with Crippen molar-refractivity contribution in [2.45, 2.75) is 200 Å². The van der Waals surface area contributed by atoms with Gasteiger partial charge >= 0.3 is 11.9 Å². The lowest BCUT2D eigenvalue weighted by molar-refractivity contribution is -0.163. The number of allylic oxidation sites excluding steroid dienone is 4. The zero-order valence-electron chi connectivity index (χ0n) is 30.4. The monoisotopic (exact) mass is 648 g/mol. The average molecular weight is 648 g/mol. The lowest BCUT2D eigenvalue weighted by Crippen LogP contribution is -2.33. The van der Waals surface area contributed by atoms with Crippen molar-refractivity contribution in [1.29, 1.82) is 0 Å². The lowest BCUT2D eigenvalue weighted by atomic mass is 9.95. The molecule has 0 heterocycles. The molecule has 6 nitrogen and oxygen atoms in total. The van der Waals surface area contributed by atoms with E-state index in [9.17, 15) is 14.4 Å². The molecule has 0 aliphatic rings. The van der Waals surface area contributed by atoms with Gasteiger partial charge in [0.05, 0.1) is 5.92 Å². The first-order valence-electron chi connectivity index (χ1n) is 19.4. The summed E-state index contributed by atoms with van der Waals surface area (Å²) in [5.41, 5.74) is 5.17. The molecule has 46 heavy (non-hydrogen) atoms. The van der Waals surface area contributed by atoms with Crippen LogP contribution in [0.5, 0.6) is 0 Å². The second kappa shape index (κ2) is 34.2. The van der Waals surface area contributed by atoms with E-state index in [0.717, 1.165) is 57.8 Å². The number of rotatable bonds is 34. The predicted octanol–water partition coefficient (Wildman–Crippen LogP) is 11.2. The van der Waals surface area contributed by atoms with Gasteiger partial charge in [0.2, 0.25) is 0 Å². The molecule has 268 valence electrons. The van der Waals surface area contributed by atoms with Gasteiger partial charge in [-0.15, -0.1) is 0 Å². The van der Waals surface area contributed by atoms with Crippen molar-refractivity contribution >= 4 is 17.8 Å². The van der Waals surface area contributed by atoms with Gasteiger partial charge in [-0.1, -0.05) is 141 Å². The summed E-state index contributed by atoms with van der Waals surface area (Å²) in [6, 6.07) is 0. The molecule has 0 aliphatic heterocycles. The highest BCUT2D eigenvalue weighted by molar-refractivity contribution is 5.80. The van der Waals surface area contributed by atoms with Gasteiger partial charge in [0.1, 0.15) is 6.10 Å². The van der Waals surface area contributed by atoms with Crippen LogP contribution < -0.4 is 5.73 Å². The number of unbranched alkanes of at least 4 members (excludes halogenated alkanes) is 21. The molecular formula is C40H73NO5. The fraction of sp³-hybridized carbons (Fsp3) is 0.825. The molecule has 0 aromatic heterocycles. The third-order valence-corrected chi connectivity index (χ3v) is 8.71. The minimum absolute atomic E-state index is 0.273. The zero-order chi connectivity index (χ0) is 33.9. The van der Waals surface area contributed by atoms with Crippen LogP contribution >= 0.6 is 0 Å². The highest BCUT2D eigenvalue weighted by Gasteiger charge is 2.29. The Balaban J connectivity index is 4.13. The molecule has 6 heteroatoms. The number of esters is 2. The normalized spacial score (nSPS) is 12.9. The Hall–Kier alpha value is -2.11. The van der Waals surface area contributed by atoms with Gasteiger partial charge in [0.25, 0.3) is 5.91 Å². The molecule has 0 fully saturated rings. The first-order chi connectivity index (χ1) is 22.4. The van der Waals surface area contributed by atoms with Gasteiger partial charge in [0, 0.05) is 6.42 Å². The van der Waals surface area contributed by atoms with Crippen molar-refractivity contribution in [2.24, 2.45) is 11.7 Å². The van der Waals surface area contributed by atoms with E-state index in [2.05, 4.69) is 38.2 Å². The van der Waals surface area contributed by atoms with E-state index < -0.39 is 30.5 Å². The molecule has 2 unspecified atom stereocenters. The summed E-state index contributed by atoms with van der Waals surface area (Å²) >= 11 is 0. The van der Waals surface area contributed by atoms with Gasteiger partial charge in [-0.25, -0.2) is 0 Å². The number of primary amides is 1. The van der Waals surface area contributed by atoms with Crippen LogP contribution in [0.1, 0.15) is 194 Å². The van der Waals surface area contributed by atoms with Crippen LogP contribution in [0.15, 0.2) is 24.3 Å². The predicted molar refractivity (Wildman–Crippen MR) is 193 cm³/mol. The smallest absolute Gasteiger partial charge is 0.313 e. The Morgan fingerprint density at radius 1 is 0.565 bits per heavy atom. The maximum absolute atomic E-state index is 12.7. The SMILES string of the molecule is CCCCCCCCC=CCCCCCCCC(=O)OC(C)C(CCCCCCC=CCCCCCCCC)C(=O)OCC(N)=O. The first kappa shape index (κ1) is 43.9. The molecule has 2 N–H and O–H groups in total. The molecule has 0 rings (SSSR count). The zero-order valence-corrected chi connectivity index (χ0v) is 30.4. The summed E-state index contributed by atoms with van der Waals surface area (Å²) in [4.78, 5) is 36.4. The van der Waals surface area contributed by atoms with Crippen molar-refractivity contribution in [1.82, 2.24) is 0 Å².